The van der Waals surface area contributed by atoms with Crippen LogP contribution in [0.3, 0.4) is 0 Å². The van der Waals surface area contributed by atoms with E-state index in [1.807, 2.05) is 40.0 Å². The Morgan fingerprint density at radius 3 is 2.21 bits per heavy atom. The van der Waals surface area contributed by atoms with Crippen molar-refractivity contribution in [2.24, 2.45) is 11.8 Å². The molecule has 0 atom stereocenters. The van der Waals surface area contributed by atoms with Gasteiger partial charge in [0.15, 0.2) is 5.78 Å². The van der Waals surface area contributed by atoms with E-state index in [0.717, 1.165) is 42.5 Å². The number of carbonyl (C=O) groups is 1. The number of carbonyl (C=O) groups excluding carboxylic acids is 1. The van der Waals surface area contributed by atoms with Gasteiger partial charge in [-0.3, -0.25) is 4.79 Å². The van der Waals surface area contributed by atoms with Gasteiger partial charge in [0, 0.05) is 44.2 Å². The summed E-state index contributed by atoms with van der Waals surface area (Å²) in [5, 5.41) is 15.0. The average molecular weight is 772 g/mol. The van der Waals surface area contributed by atoms with Crippen molar-refractivity contribution in [3.05, 3.63) is 77.8 Å². The van der Waals surface area contributed by atoms with E-state index < -0.39 is 8.07 Å². The summed E-state index contributed by atoms with van der Waals surface area (Å²) in [6, 6.07) is 15.4. The second-order valence-corrected chi connectivity index (χ2v) is 18.2. The van der Waals surface area contributed by atoms with E-state index in [2.05, 4.69) is 81.1 Å². The van der Waals surface area contributed by atoms with Crippen LogP contribution in [-0.4, -0.2) is 28.9 Å². The van der Waals surface area contributed by atoms with Crippen LogP contribution in [0, 0.1) is 18.0 Å². The number of ketones is 1. The molecule has 1 N–H and O–H groups in total. The molecule has 231 valence electrons. The summed E-state index contributed by atoms with van der Waals surface area (Å²) in [4.78, 5) is 21.1. The van der Waals surface area contributed by atoms with Crippen LogP contribution < -0.4 is 5.19 Å². The van der Waals surface area contributed by atoms with Crippen molar-refractivity contribution in [3.8, 4) is 11.3 Å². The minimum absolute atomic E-state index is 0. The third-order valence-electron chi connectivity index (χ3n) is 9.06. The van der Waals surface area contributed by atoms with Gasteiger partial charge in [0.25, 0.3) is 0 Å². The monoisotopic (exact) mass is 772 g/mol. The second kappa shape index (κ2) is 14.0. The quantitative estimate of drug-likeness (QED) is 0.0840. The fraction of sp³-hybridized carbons (Fsp3) is 0.432. The zero-order valence-corrected chi connectivity index (χ0v) is 30.7. The van der Waals surface area contributed by atoms with Gasteiger partial charge in [-0.2, -0.15) is 0 Å². The predicted molar refractivity (Wildman–Crippen MR) is 180 cm³/mol. The third kappa shape index (κ3) is 6.87. The number of rotatable bonds is 8. The molecular weight excluding hydrogens is 725 g/mol. The molecule has 5 rings (SSSR count). The number of pyridine rings is 2. The van der Waals surface area contributed by atoms with Crippen LogP contribution in [0.5, 0.6) is 0 Å². The van der Waals surface area contributed by atoms with Crippen molar-refractivity contribution in [1.82, 2.24) is 9.97 Å². The van der Waals surface area contributed by atoms with Gasteiger partial charge in [0.2, 0.25) is 0 Å². The van der Waals surface area contributed by atoms with E-state index in [4.69, 9.17) is 4.98 Å². The molecule has 1 aliphatic carbocycles. The molecule has 2 aromatic carbocycles. The van der Waals surface area contributed by atoms with Crippen LogP contribution in [-0.2, 0) is 30.3 Å². The first-order chi connectivity index (χ1) is 19.9. The number of nitrogens with zero attached hydrogens (tertiary/aromatic N) is 2. The van der Waals surface area contributed by atoms with Gasteiger partial charge < -0.3 is 15.1 Å². The Hall–Kier alpha value is -2.66. The summed E-state index contributed by atoms with van der Waals surface area (Å²) in [7, 11) is -1.44. The minimum Gasteiger partial charge on any atom is -0.512 e. The summed E-state index contributed by atoms with van der Waals surface area (Å²) in [6.07, 6.45) is 10.2. The van der Waals surface area contributed by atoms with Crippen molar-refractivity contribution in [1.29, 1.82) is 0 Å². The van der Waals surface area contributed by atoms with Crippen LogP contribution in [0.1, 0.15) is 78.4 Å². The number of hydrogen-bond acceptors (Lipinski definition) is 4. The Balaban J connectivity index is 0.000000274. The molecule has 1 aliphatic rings. The van der Waals surface area contributed by atoms with E-state index in [1.54, 1.807) is 0 Å². The molecule has 4 nitrogen and oxygen atoms in total. The Bertz CT molecular complexity index is 1630. The van der Waals surface area contributed by atoms with Crippen molar-refractivity contribution >= 4 is 40.7 Å². The van der Waals surface area contributed by atoms with Gasteiger partial charge in [-0.05, 0) is 70.9 Å². The molecule has 0 saturated heterocycles. The molecule has 2 heterocycles. The van der Waals surface area contributed by atoms with E-state index in [-0.39, 0.29) is 48.9 Å². The molecule has 0 saturated carbocycles. The molecule has 0 amide bonds. The largest absolute Gasteiger partial charge is 0.512 e. The fourth-order valence-electron chi connectivity index (χ4n) is 6.26. The Morgan fingerprint density at radius 2 is 1.60 bits per heavy atom. The van der Waals surface area contributed by atoms with Gasteiger partial charge in [-0.1, -0.05) is 108 Å². The number of aliphatic hydroxyl groups excluding tert-OH is 1. The van der Waals surface area contributed by atoms with Crippen LogP contribution >= 0.6 is 0 Å². The van der Waals surface area contributed by atoms with E-state index in [0.29, 0.717) is 0 Å². The van der Waals surface area contributed by atoms with Gasteiger partial charge in [-0.25, -0.2) is 0 Å². The third-order valence-corrected chi connectivity index (χ3v) is 11.1. The van der Waals surface area contributed by atoms with Crippen molar-refractivity contribution in [3.63, 3.8) is 0 Å². The molecule has 1 radical (unpaired) electrons. The van der Waals surface area contributed by atoms with Crippen LogP contribution in [0.15, 0.2) is 60.5 Å². The molecule has 0 fully saturated rings. The van der Waals surface area contributed by atoms with E-state index in [9.17, 15) is 9.90 Å². The number of para-hydroxylation sites is 1. The zero-order chi connectivity index (χ0) is 30.8. The number of aliphatic hydroxyl groups is 1. The first kappa shape index (κ1) is 34.8. The topological polar surface area (TPSA) is 63.1 Å². The van der Waals surface area contributed by atoms with Gasteiger partial charge in [0.1, 0.15) is 0 Å². The minimum atomic E-state index is -1.44. The average Bonchev–Trinajstić information content (AvgIpc) is 2.96. The maximum absolute atomic E-state index is 11.7. The molecule has 0 aliphatic heterocycles. The molecule has 0 spiro atoms. The standard InChI is InChI=1S/C24H23N2Si.C13H24O2.Ir/c1-24(2)19-13-16(27(3,4)5)12-15-10-11-25-23(21(15)19)18-14-26-20-9-7-6-8-17(20)22(18)24;1-5-10(6-2)12(14)9-13(15)11(7-3)8-4;/h6-13H,1-5H3;9-11,14H,5-8H2,1-4H3;/q-1;;/b;12-9-;. The van der Waals surface area contributed by atoms with Crippen molar-refractivity contribution in [2.45, 2.75) is 92.3 Å². The number of allylic oxidation sites excluding steroid dienone is 2. The van der Waals surface area contributed by atoms with Crippen LogP contribution in [0.25, 0.3) is 32.9 Å². The van der Waals surface area contributed by atoms with Gasteiger partial charge >= 0.3 is 0 Å². The maximum Gasteiger partial charge on any atom is 0.162 e. The van der Waals surface area contributed by atoms with Gasteiger partial charge in [-0.15, -0.1) is 11.1 Å². The summed E-state index contributed by atoms with van der Waals surface area (Å²) >= 11 is 0. The molecule has 2 aromatic heterocycles. The van der Waals surface area contributed by atoms with Crippen molar-refractivity contribution < 1.29 is 30.0 Å². The predicted octanol–water partition coefficient (Wildman–Crippen LogP) is 9.30. The number of hydrogen-bond donors (Lipinski definition) is 1. The molecule has 4 aromatic rings. The molecular formula is C37H47IrN2O2Si-. The molecule has 0 bridgehead atoms. The Labute approximate surface area is 272 Å². The number of benzene rings is 2. The Kier molecular flexibility index (Phi) is 11.3. The smallest absolute Gasteiger partial charge is 0.162 e. The first-order valence-corrected chi connectivity index (χ1v) is 19.1. The summed E-state index contributed by atoms with van der Waals surface area (Å²) in [6.45, 7) is 20.0. The maximum atomic E-state index is 11.7. The van der Waals surface area contributed by atoms with Gasteiger partial charge in [0.05, 0.1) is 13.8 Å². The van der Waals surface area contributed by atoms with E-state index >= 15 is 0 Å². The second-order valence-electron chi connectivity index (χ2n) is 13.1. The van der Waals surface area contributed by atoms with Crippen LogP contribution in [0.4, 0.5) is 0 Å². The first-order valence-electron chi connectivity index (χ1n) is 15.6. The normalized spacial score (nSPS) is 13.9. The zero-order valence-electron chi connectivity index (χ0n) is 27.3. The number of fused-ring (bicyclic) bond motifs is 4. The molecule has 6 heteroatoms. The van der Waals surface area contributed by atoms with Crippen LogP contribution in [0.2, 0.25) is 19.6 Å². The molecule has 0 unspecified atom stereocenters. The molecule has 43 heavy (non-hydrogen) atoms. The fourth-order valence-corrected chi connectivity index (χ4v) is 7.42. The SMILES string of the molecule is CC1(C)c2c([c-]nc3ccccc23)-c2nccc3cc([Si](C)(C)C)cc1c23.CCC(CC)C(=O)/C=C(\O)C(CC)CC.[Ir]. The Morgan fingerprint density at radius 1 is 0.977 bits per heavy atom. The summed E-state index contributed by atoms with van der Waals surface area (Å²) in [5.41, 5.74) is 5.64. The summed E-state index contributed by atoms with van der Waals surface area (Å²) < 4.78 is 0. The summed E-state index contributed by atoms with van der Waals surface area (Å²) in [5.74, 6) is 0.547. The van der Waals surface area contributed by atoms with Crippen molar-refractivity contribution in [2.75, 3.05) is 0 Å². The number of aromatic nitrogens is 2. The van der Waals surface area contributed by atoms with E-state index in [1.165, 1.54) is 38.5 Å².